The summed E-state index contributed by atoms with van der Waals surface area (Å²) in [7, 11) is 0. The van der Waals surface area contributed by atoms with E-state index in [0.29, 0.717) is 6.54 Å². The molecule has 0 aliphatic carbocycles. The molecule has 0 fully saturated rings. The Morgan fingerprint density at radius 1 is 1.18 bits per heavy atom. The third kappa shape index (κ3) is 10.6. The van der Waals surface area contributed by atoms with E-state index in [1.807, 2.05) is 6.92 Å². The Kier molecular flexibility index (Phi) is 8.67. The summed E-state index contributed by atoms with van der Waals surface area (Å²) >= 11 is 0. The second-order valence-electron chi connectivity index (χ2n) is 3.48. The molecule has 98 valence electrons. The minimum Gasteiger partial charge on any atom is -0.481 e. The lowest BCUT2D eigenvalue weighted by molar-refractivity contribution is -0.137. The summed E-state index contributed by atoms with van der Waals surface area (Å²) in [5.74, 6) is -1.42. The summed E-state index contributed by atoms with van der Waals surface area (Å²) in [6.45, 7) is 2.65. The van der Waals surface area contributed by atoms with Crippen molar-refractivity contribution in [1.29, 1.82) is 0 Å². The predicted octanol–water partition coefficient (Wildman–Crippen LogP) is -0.323. The fourth-order valence-corrected chi connectivity index (χ4v) is 0.991. The molecule has 3 amide bonds. The Bertz CT molecular complexity index is 268. The van der Waals surface area contributed by atoms with Crippen LogP contribution >= 0.6 is 0 Å². The van der Waals surface area contributed by atoms with Crippen molar-refractivity contribution >= 4 is 17.9 Å². The lowest BCUT2D eigenvalue weighted by Crippen LogP contribution is -2.43. The molecule has 0 spiro atoms. The molecule has 0 aromatic carbocycles. The van der Waals surface area contributed by atoms with Crippen molar-refractivity contribution < 1.29 is 19.5 Å². The van der Waals surface area contributed by atoms with Gasteiger partial charge in [0.05, 0.1) is 13.0 Å². The molecule has 0 aromatic heterocycles. The number of aliphatic carboxylic acids is 1. The first kappa shape index (κ1) is 15.4. The summed E-state index contributed by atoms with van der Waals surface area (Å²) in [6.07, 6.45) is 1.76. The highest BCUT2D eigenvalue weighted by molar-refractivity contribution is 5.95. The summed E-state index contributed by atoms with van der Waals surface area (Å²) in [4.78, 5) is 32.4. The van der Waals surface area contributed by atoms with Gasteiger partial charge in [0.25, 0.3) is 0 Å². The Morgan fingerprint density at radius 2 is 1.88 bits per heavy atom. The molecule has 7 nitrogen and oxygen atoms in total. The van der Waals surface area contributed by atoms with Crippen molar-refractivity contribution in [3.05, 3.63) is 0 Å². The van der Waals surface area contributed by atoms with E-state index < -0.39 is 17.9 Å². The smallest absolute Gasteiger partial charge is 0.321 e. The number of carboxylic acid groups (broad SMARTS) is 1. The summed E-state index contributed by atoms with van der Waals surface area (Å²) in [6, 6.07) is -0.525. The SMILES string of the molecule is CCCCNC(=O)NC(=O)CNCCC(=O)O. The molecule has 7 heteroatoms. The van der Waals surface area contributed by atoms with Gasteiger partial charge in [0.15, 0.2) is 0 Å². The molecule has 0 aliphatic rings. The summed E-state index contributed by atoms with van der Waals surface area (Å²) in [5.41, 5.74) is 0. The Hall–Kier alpha value is -1.63. The van der Waals surface area contributed by atoms with Gasteiger partial charge in [-0.2, -0.15) is 0 Å². The Labute approximate surface area is 100.0 Å². The van der Waals surface area contributed by atoms with E-state index >= 15 is 0 Å². The van der Waals surface area contributed by atoms with E-state index in [2.05, 4.69) is 16.0 Å². The minimum atomic E-state index is -0.935. The maximum absolute atomic E-state index is 11.1. The van der Waals surface area contributed by atoms with Gasteiger partial charge in [-0.05, 0) is 6.42 Å². The third-order valence-electron chi connectivity index (χ3n) is 1.87. The summed E-state index contributed by atoms with van der Waals surface area (Å²) in [5, 5.41) is 15.6. The van der Waals surface area contributed by atoms with Gasteiger partial charge in [0.2, 0.25) is 5.91 Å². The maximum atomic E-state index is 11.1. The van der Waals surface area contributed by atoms with E-state index in [1.165, 1.54) is 0 Å². The number of amides is 3. The van der Waals surface area contributed by atoms with Crippen LogP contribution in [0.4, 0.5) is 4.79 Å². The number of carbonyl (C=O) groups excluding carboxylic acids is 2. The van der Waals surface area contributed by atoms with E-state index in [9.17, 15) is 14.4 Å². The van der Waals surface area contributed by atoms with E-state index in [0.717, 1.165) is 12.8 Å². The normalized spacial score (nSPS) is 9.71. The Balaban J connectivity index is 3.50. The molecule has 0 unspecified atom stereocenters. The lowest BCUT2D eigenvalue weighted by atomic mass is 10.3. The first-order chi connectivity index (χ1) is 8.06. The van der Waals surface area contributed by atoms with Crippen molar-refractivity contribution in [2.75, 3.05) is 19.6 Å². The molecular formula is C10H19N3O4. The monoisotopic (exact) mass is 245 g/mol. The zero-order chi connectivity index (χ0) is 13.1. The van der Waals surface area contributed by atoms with Gasteiger partial charge in [-0.25, -0.2) is 4.79 Å². The fourth-order valence-electron chi connectivity index (χ4n) is 0.991. The number of imide groups is 1. The second kappa shape index (κ2) is 9.59. The zero-order valence-electron chi connectivity index (χ0n) is 9.91. The largest absolute Gasteiger partial charge is 0.481 e. The predicted molar refractivity (Wildman–Crippen MR) is 61.6 cm³/mol. The maximum Gasteiger partial charge on any atom is 0.321 e. The average Bonchev–Trinajstić information content (AvgIpc) is 2.24. The van der Waals surface area contributed by atoms with Crippen molar-refractivity contribution in [3.63, 3.8) is 0 Å². The van der Waals surface area contributed by atoms with E-state index in [1.54, 1.807) is 0 Å². The van der Waals surface area contributed by atoms with Crippen LogP contribution in [0.5, 0.6) is 0 Å². The number of unbranched alkanes of at least 4 members (excludes halogenated alkanes) is 1. The molecule has 0 aromatic rings. The van der Waals surface area contributed by atoms with E-state index in [4.69, 9.17) is 5.11 Å². The highest BCUT2D eigenvalue weighted by Gasteiger charge is 2.06. The lowest BCUT2D eigenvalue weighted by Gasteiger charge is -2.06. The summed E-state index contributed by atoms with van der Waals surface area (Å²) < 4.78 is 0. The van der Waals surface area contributed by atoms with Crippen LogP contribution in [0.2, 0.25) is 0 Å². The third-order valence-corrected chi connectivity index (χ3v) is 1.87. The molecule has 0 bridgehead atoms. The molecule has 0 aliphatic heterocycles. The minimum absolute atomic E-state index is 0.0595. The topological polar surface area (TPSA) is 108 Å². The number of rotatable bonds is 8. The molecule has 0 atom stereocenters. The van der Waals surface area contributed by atoms with Crippen LogP contribution in [-0.2, 0) is 9.59 Å². The van der Waals surface area contributed by atoms with Crippen LogP contribution in [0.15, 0.2) is 0 Å². The number of hydrogen-bond acceptors (Lipinski definition) is 4. The van der Waals surface area contributed by atoms with Gasteiger partial charge >= 0.3 is 12.0 Å². The van der Waals surface area contributed by atoms with Crippen LogP contribution in [0.25, 0.3) is 0 Å². The van der Waals surface area contributed by atoms with Gasteiger partial charge < -0.3 is 15.7 Å². The van der Waals surface area contributed by atoms with Crippen LogP contribution in [-0.4, -0.2) is 42.6 Å². The highest BCUT2D eigenvalue weighted by atomic mass is 16.4. The van der Waals surface area contributed by atoms with Crippen molar-refractivity contribution in [2.45, 2.75) is 26.2 Å². The number of nitrogens with one attached hydrogen (secondary N) is 3. The number of carbonyl (C=O) groups is 3. The van der Waals surface area contributed by atoms with Gasteiger partial charge in [0.1, 0.15) is 0 Å². The van der Waals surface area contributed by atoms with E-state index in [-0.39, 0.29) is 19.5 Å². The van der Waals surface area contributed by atoms with Crippen LogP contribution in [0.3, 0.4) is 0 Å². The zero-order valence-corrected chi connectivity index (χ0v) is 9.91. The quantitative estimate of drug-likeness (QED) is 0.438. The molecule has 0 saturated heterocycles. The molecule has 0 heterocycles. The first-order valence-electron chi connectivity index (χ1n) is 5.56. The molecule has 17 heavy (non-hydrogen) atoms. The fraction of sp³-hybridized carbons (Fsp3) is 0.700. The standard InChI is InChI=1S/C10H19N3O4/c1-2-3-5-12-10(17)13-8(14)7-11-6-4-9(15)16/h11H,2-7H2,1H3,(H,15,16)(H2,12,13,14,17). The molecule has 0 rings (SSSR count). The van der Waals surface area contributed by atoms with Crippen LogP contribution in [0, 0.1) is 0 Å². The number of urea groups is 1. The van der Waals surface area contributed by atoms with Gasteiger partial charge in [-0.15, -0.1) is 0 Å². The molecule has 0 radical (unpaired) electrons. The van der Waals surface area contributed by atoms with Crippen molar-refractivity contribution in [1.82, 2.24) is 16.0 Å². The number of carboxylic acids is 1. The van der Waals surface area contributed by atoms with Gasteiger partial charge in [-0.1, -0.05) is 13.3 Å². The van der Waals surface area contributed by atoms with Crippen molar-refractivity contribution in [3.8, 4) is 0 Å². The molecule has 4 N–H and O–H groups in total. The van der Waals surface area contributed by atoms with Crippen LogP contribution in [0.1, 0.15) is 26.2 Å². The molecular weight excluding hydrogens is 226 g/mol. The molecule has 0 saturated carbocycles. The number of hydrogen-bond donors (Lipinski definition) is 4. The Morgan fingerprint density at radius 3 is 2.47 bits per heavy atom. The highest BCUT2D eigenvalue weighted by Crippen LogP contribution is 1.82. The van der Waals surface area contributed by atoms with Crippen LogP contribution < -0.4 is 16.0 Å². The van der Waals surface area contributed by atoms with Gasteiger partial charge in [-0.3, -0.25) is 14.9 Å². The first-order valence-corrected chi connectivity index (χ1v) is 5.56. The second-order valence-corrected chi connectivity index (χ2v) is 3.48. The van der Waals surface area contributed by atoms with Gasteiger partial charge in [0, 0.05) is 13.1 Å². The average molecular weight is 245 g/mol. The van der Waals surface area contributed by atoms with Crippen molar-refractivity contribution in [2.24, 2.45) is 0 Å².